The third-order valence-electron chi connectivity index (χ3n) is 2.39. The zero-order valence-corrected chi connectivity index (χ0v) is 9.98. The Morgan fingerprint density at radius 2 is 2.06 bits per heavy atom. The van der Waals surface area contributed by atoms with Gasteiger partial charge in [0.2, 0.25) is 0 Å². The first-order valence-corrected chi connectivity index (χ1v) is 5.14. The van der Waals surface area contributed by atoms with E-state index in [1.54, 1.807) is 18.2 Å². The van der Waals surface area contributed by atoms with Gasteiger partial charge in [-0.3, -0.25) is 9.59 Å². The molecule has 1 aromatic carbocycles. The van der Waals surface area contributed by atoms with Crippen LogP contribution in [0.3, 0.4) is 0 Å². The van der Waals surface area contributed by atoms with Crippen LogP contribution in [0.15, 0.2) is 18.2 Å². The van der Waals surface area contributed by atoms with Crippen LogP contribution in [0.5, 0.6) is 5.75 Å². The number of aryl methyl sites for hydroxylation is 1. The van der Waals surface area contributed by atoms with Crippen molar-refractivity contribution in [2.45, 2.75) is 19.9 Å². The van der Waals surface area contributed by atoms with Gasteiger partial charge >= 0.3 is 5.97 Å². The lowest BCUT2D eigenvalue weighted by atomic mass is 10.1. The van der Waals surface area contributed by atoms with Gasteiger partial charge < -0.3 is 15.2 Å². The fourth-order valence-electron chi connectivity index (χ4n) is 1.30. The van der Waals surface area contributed by atoms with Gasteiger partial charge in [0.25, 0.3) is 5.91 Å². The summed E-state index contributed by atoms with van der Waals surface area (Å²) in [5.41, 5.74) is 1.29. The van der Waals surface area contributed by atoms with Crippen molar-refractivity contribution in [1.29, 1.82) is 0 Å². The van der Waals surface area contributed by atoms with Gasteiger partial charge in [0.1, 0.15) is 11.8 Å². The highest BCUT2D eigenvalue weighted by Crippen LogP contribution is 2.18. The molecule has 92 valence electrons. The third kappa shape index (κ3) is 3.21. The topological polar surface area (TPSA) is 75.6 Å². The number of nitrogens with one attached hydrogen (secondary N) is 1. The Labute approximate surface area is 99.4 Å². The molecule has 0 aromatic heterocycles. The lowest BCUT2D eigenvalue weighted by Gasteiger charge is -2.11. The van der Waals surface area contributed by atoms with E-state index in [-0.39, 0.29) is 0 Å². The summed E-state index contributed by atoms with van der Waals surface area (Å²) < 4.78 is 5.09. The first-order chi connectivity index (χ1) is 7.95. The van der Waals surface area contributed by atoms with Gasteiger partial charge in [0.05, 0.1) is 7.11 Å². The Balaban J connectivity index is 2.86. The van der Waals surface area contributed by atoms with E-state index in [1.165, 1.54) is 14.0 Å². The molecule has 0 radical (unpaired) electrons. The van der Waals surface area contributed by atoms with E-state index < -0.39 is 17.9 Å². The van der Waals surface area contributed by atoms with Gasteiger partial charge in [-0.15, -0.1) is 0 Å². The maximum absolute atomic E-state index is 11.7. The summed E-state index contributed by atoms with van der Waals surface area (Å²) in [4.78, 5) is 22.3. The molecule has 0 saturated heterocycles. The van der Waals surface area contributed by atoms with Crippen LogP contribution in [-0.4, -0.2) is 30.1 Å². The Kier molecular flexibility index (Phi) is 4.09. The molecule has 1 aromatic rings. The second-order valence-electron chi connectivity index (χ2n) is 3.72. The Morgan fingerprint density at radius 1 is 1.41 bits per heavy atom. The largest absolute Gasteiger partial charge is 0.496 e. The van der Waals surface area contributed by atoms with Gasteiger partial charge in [-0.25, -0.2) is 0 Å². The van der Waals surface area contributed by atoms with E-state index >= 15 is 0 Å². The maximum Gasteiger partial charge on any atom is 0.325 e. The summed E-state index contributed by atoms with van der Waals surface area (Å²) in [6.07, 6.45) is 0. The second-order valence-corrected chi connectivity index (χ2v) is 3.72. The van der Waals surface area contributed by atoms with Crippen molar-refractivity contribution >= 4 is 11.9 Å². The molecule has 5 nitrogen and oxygen atoms in total. The van der Waals surface area contributed by atoms with E-state index in [1.807, 2.05) is 6.92 Å². The van der Waals surface area contributed by atoms with Crippen LogP contribution in [0.2, 0.25) is 0 Å². The number of aliphatic carboxylic acids is 1. The Morgan fingerprint density at radius 3 is 2.59 bits per heavy atom. The molecule has 1 rings (SSSR count). The molecule has 0 heterocycles. The molecule has 5 heteroatoms. The quantitative estimate of drug-likeness (QED) is 0.825. The predicted octanol–water partition coefficient (Wildman–Crippen LogP) is 1.21. The molecule has 0 bridgehead atoms. The summed E-state index contributed by atoms with van der Waals surface area (Å²) in [5, 5.41) is 11.1. The molecule has 0 spiro atoms. The summed E-state index contributed by atoms with van der Waals surface area (Å²) in [6, 6.07) is 4.04. The lowest BCUT2D eigenvalue weighted by molar-refractivity contribution is -0.138. The predicted molar refractivity (Wildman–Crippen MR) is 62.3 cm³/mol. The van der Waals surface area contributed by atoms with Crippen molar-refractivity contribution in [2.24, 2.45) is 0 Å². The van der Waals surface area contributed by atoms with Crippen LogP contribution in [0.4, 0.5) is 0 Å². The molecule has 0 saturated carbocycles. The number of carboxylic acid groups (broad SMARTS) is 1. The van der Waals surface area contributed by atoms with Gasteiger partial charge in [-0.2, -0.15) is 0 Å². The Hall–Kier alpha value is -2.04. The number of hydrogen-bond donors (Lipinski definition) is 2. The third-order valence-corrected chi connectivity index (χ3v) is 2.39. The number of carboxylic acids is 1. The molecule has 0 aliphatic carbocycles. The first kappa shape index (κ1) is 13.0. The van der Waals surface area contributed by atoms with Crippen molar-refractivity contribution in [2.75, 3.05) is 7.11 Å². The summed E-state index contributed by atoms with van der Waals surface area (Å²) in [5.74, 6) is -0.906. The molecule has 17 heavy (non-hydrogen) atoms. The zero-order valence-electron chi connectivity index (χ0n) is 9.98. The number of ether oxygens (including phenoxy) is 1. The van der Waals surface area contributed by atoms with E-state index in [2.05, 4.69) is 5.32 Å². The van der Waals surface area contributed by atoms with Gasteiger partial charge in [0, 0.05) is 5.56 Å². The molecule has 0 aliphatic rings. The SMILES string of the molecule is COc1cc(C(=O)NC(C)C(=O)O)ccc1C. The fraction of sp³-hybridized carbons (Fsp3) is 0.333. The smallest absolute Gasteiger partial charge is 0.325 e. The van der Waals surface area contributed by atoms with E-state index in [9.17, 15) is 9.59 Å². The van der Waals surface area contributed by atoms with Crippen molar-refractivity contribution in [3.05, 3.63) is 29.3 Å². The van der Waals surface area contributed by atoms with Crippen LogP contribution in [-0.2, 0) is 4.79 Å². The molecule has 1 unspecified atom stereocenters. The highest BCUT2D eigenvalue weighted by atomic mass is 16.5. The monoisotopic (exact) mass is 237 g/mol. The molecule has 0 fully saturated rings. The van der Waals surface area contributed by atoms with E-state index in [0.29, 0.717) is 11.3 Å². The molecule has 0 aliphatic heterocycles. The minimum absolute atomic E-state index is 0.376. The normalized spacial score (nSPS) is 11.7. The van der Waals surface area contributed by atoms with Crippen molar-refractivity contribution < 1.29 is 19.4 Å². The minimum Gasteiger partial charge on any atom is -0.496 e. The second kappa shape index (κ2) is 5.34. The molecule has 1 atom stereocenters. The number of benzene rings is 1. The maximum atomic E-state index is 11.7. The first-order valence-electron chi connectivity index (χ1n) is 5.14. The molecular formula is C12H15NO4. The van der Waals surface area contributed by atoms with Crippen LogP contribution in [0.1, 0.15) is 22.8 Å². The number of rotatable bonds is 4. The Bertz CT molecular complexity index is 442. The summed E-state index contributed by atoms with van der Waals surface area (Å²) in [7, 11) is 1.52. The van der Waals surface area contributed by atoms with Crippen molar-refractivity contribution in [3.8, 4) is 5.75 Å². The molecular weight excluding hydrogens is 222 g/mol. The average molecular weight is 237 g/mol. The fourth-order valence-corrected chi connectivity index (χ4v) is 1.30. The van der Waals surface area contributed by atoms with Crippen LogP contribution < -0.4 is 10.1 Å². The highest BCUT2D eigenvalue weighted by Gasteiger charge is 2.15. The van der Waals surface area contributed by atoms with Crippen molar-refractivity contribution in [1.82, 2.24) is 5.32 Å². The molecule has 1 amide bonds. The summed E-state index contributed by atoms with van der Waals surface area (Å²) in [6.45, 7) is 3.27. The average Bonchev–Trinajstić information content (AvgIpc) is 2.29. The van der Waals surface area contributed by atoms with Crippen LogP contribution >= 0.6 is 0 Å². The van der Waals surface area contributed by atoms with Crippen molar-refractivity contribution in [3.63, 3.8) is 0 Å². The molecule has 2 N–H and O–H groups in total. The number of amides is 1. The summed E-state index contributed by atoms with van der Waals surface area (Å²) >= 11 is 0. The number of methoxy groups -OCH3 is 1. The standard InChI is InChI=1S/C12H15NO4/c1-7-4-5-9(6-10(7)17-3)11(14)13-8(2)12(15)16/h4-6,8H,1-3H3,(H,13,14)(H,15,16). The number of carbonyl (C=O) groups is 2. The van der Waals surface area contributed by atoms with Gasteiger partial charge in [-0.1, -0.05) is 6.07 Å². The van der Waals surface area contributed by atoms with E-state index in [0.717, 1.165) is 5.56 Å². The van der Waals surface area contributed by atoms with Crippen LogP contribution in [0.25, 0.3) is 0 Å². The lowest BCUT2D eigenvalue weighted by Crippen LogP contribution is -2.38. The van der Waals surface area contributed by atoms with E-state index in [4.69, 9.17) is 9.84 Å². The number of hydrogen-bond acceptors (Lipinski definition) is 3. The van der Waals surface area contributed by atoms with Gasteiger partial charge in [0.15, 0.2) is 0 Å². The minimum atomic E-state index is -1.07. The zero-order chi connectivity index (χ0) is 13.0. The number of carbonyl (C=O) groups excluding carboxylic acids is 1. The van der Waals surface area contributed by atoms with Gasteiger partial charge in [-0.05, 0) is 31.5 Å². The highest BCUT2D eigenvalue weighted by molar-refractivity contribution is 5.96. The van der Waals surface area contributed by atoms with Crippen LogP contribution in [0, 0.1) is 6.92 Å².